The molecule has 0 unspecified atom stereocenters. The van der Waals surface area contributed by atoms with E-state index in [9.17, 15) is 14.9 Å². The van der Waals surface area contributed by atoms with Crippen molar-refractivity contribution >= 4 is 22.9 Å². The first-order chi connectivity index (χ1) is 15.5. The molecule has 0 N–H and O–H groups in total. The Hall–Kier alpha value is -3.49. The number of hydrogen-bond acceptors (Lipinski definition) is 6. The topological polar surface area (TPSA) is 96.9 Å². The number of nitro groups is 1. The van der Waals surface area contributed by atoms with Crippen LogP contribution in [-0.2, 0) is 0 Å². The Morgan fingerprint density at radius 2 is 1.97 bits per heavy atom. The first kappa shape index (κ1) is 20.4. The van der Waals surface area contributed by atoms with E-state index < -0.39 is 0 Å². The van der Waals surface area contributed by atoms with Crippen molar-refractivity contribution in [2.45, 2.75) is 38.6 Å². The van der Waals surface area contributed by atoms with Gasteiger partial charge in [-0.25, -0.2) is 0 Å². The number of amides is 1. The summed E-state index contributed by atoms with van der Waals surface area (Å²) < 4.78 is 1.90. The van der Waals surface area contributed by atoms with Crippen LogP contribution in [0.1, 0.15) is 54.8 Å². The fourth-order valence-electron chi connectivity index (χ4n) is 5.01. The second kappa shape index (κ2) is 8.22. The first-order valence-corrected chi connectivity index (χ1v) is 11.2. The molecule has 2 aromatic heterocycles. The van der Waals surface area contributed by atoms with Gasteiger partial charge in [0, 0.05) is 37.5 Å². The van der Waals surface area contributed by atoms with E-state index in [4.69, 9.17) is 0 Å². The van der Waals surface area contributed by atoms with Crippen molar-refractivity contribution in [3.63, 3.8) is 0 Å². The molecule has 166 valence electrons. The van der Waals surface area contributed by atoms with Crippen LogP contribution in [0.5, 0.6) is 0 Å². The van der Waals surface area contributed by atoms with E-state index in [1.165, 1.54) is 6.07 Å². The molecule has 0 bridgehead atoms. The van der Waals surface area contributed by atoms with Gasteiger partial charge in [-0.1, -0.05) is 13.0 Å². The molecule has 0 aliphatic carbocycles. The summed E-state index contributed by atoms with van der Waals surface area (Å²) in [5.74, 6) is 1.01. The smallest absolute Gasteiger partial charge is 0.293 e. The molecule has 3 aromatic rings. The molecule has 5 rings (SSSR count). The molecule has 9 nitrogen and oxygen atoms in total. The number of fused-ring (bicyclic) bond motifs is 1. The van der Waals surface area contributed by atoms with Gasteiger partial charge in [-0.15, -0.1) is 10.2 Å². The Bertz CT molecular complexity index is 1180. The molecule has 2 aliphatic rings. The van der Waals surface area contributed by atoms with Gasteiger partial charge in [0.25, 0.3) is 11.6 Å². The van der Waals surface area contributed by atoms with Crippen molar-refractivity contribution in [2.24, 2.45) is 5.92 Å². The largest absolute Gasteiger partial charge is 0.366 e. The Labute approximate surface area is 185 Å². The van der Waals surface area contributed by atoms with Crippen molar-refractivity contribution < 1.29 is 9.72 Å². The number of likely N-dealkylation sites (tertiary alicyclic amines) is 1. The van der Waals surface area contributed by atoms with Crippen LogP contribution in [0.15, 0.2) is 42.6 Å². The van der Waals surface area contributed by atoms with Crippen LogP contribution < -0.4 is 4.90 Å². The van der Waals surface area contributed by atoms with Crippen molar-refractivity contribution in [1.82, 2.24) is 19.5 Å². The lowest BCUT2D eigenvalue weighted by molar-refractivity contribution is -0.384. The van der Waals surface area contributed by atoms with E-state index in [-0.39, 0.29) is 22.6 Å². The average molecular weight is 435 g/mol. The molecule has 1 aromatic carbocycles. The number of nitro benzene ring substituents is 1. The van der Waals surface area contributed by atoms with Crippen molar-refractivity contribution in [2.75, 3.05) is 24.5 Å². The fraction of sp³-hybridized carbons (Fsp3) is 0.435. The highest BCUT2D eigenvalue weighted by atomic mass is 16.6. The summed E-state index contributed by atoms with van der Waals surface area (Å²) in [7, 11) is 0. The van der Waals surface area contributed by atoms with Gasteiger partial charge in [0.15, 0.2) is 11.5 Å². The standard InChI is InChI=1S/C23H26N6O3/c1-16-6-4-11-26(15-16)18-10-9-17(14-20(18)29(31)32)23(30)27-13-5-7-19(27)22-25-24-21-8-2-3-12-28(21)22/h2-3,8-10,12,14,16,19H,4-7,11,13,15H2,1H3/t16-,19+/m0/s1. The van der Waals surface area contributed by atoms with Crippen LogP contribution >= 0.6 is 0 Å². The van der Waals surface area contributed by atoms with E-state index in [0.717, 1.165) is 50.2 Å². The number of pyridine rings is 1. The zero-order chi connectivity index (χ0) is 22.2. The predicted molar refractivity (Wildman–Crippen MR) is 120 cm³/mol. The molecule has 2 saturated heterocycles. The summed E-state index contributed by atoms with van der Waals surface area (Å²) in [6.07, 6.45) is 5.68. The lowest BCUT2D eigenvalue weighted by atomic mass is 9.99. The van der Waals surface area contributed by atoms with Crippen LogP contribution in [0.3, 0.4) is 0 Å². The molecule has 32 heavy (non-hydrogen) atoms. The normalized spacial score (nSPS) is 21.3. The van der Waals surface area contributed by atoms with Gasteiger partial charge >= 0.3 is 0 Å². The molecular formula is C23H26N6O3. The Morgan fingerprint density at radius 3 is 2.78 bits per heavy atom. The summed E-state index contributed by atoms with van der Waals surface area (Å²) in [6.45, 7) is 4.34. The van der Waals surface area contributed by atoms with Crippen LogP contribution in [0.2, 0.25) is 0 Å². The summed E-state index contributed by atoms with van der Waals surface area (Å²) in [5.41, 5.74) is 1.66. The summed E-state index contributed by atoms with van der Waals surface area (Å²) in [4.78, 5) is 28.8. The highest BCUT2D eigenvalue weighted by molar-refractivity contribution is 5.96. The molecule has 0 radical (unpaired) electrons. The maximum Gasteiger partial charge on any atom is 0.293 e. The van der Waals surface area contributed by atoms with Gasteiger partial charge in [-0.2, -0.15) is 0 Å². The Morgan fingerprint density at radius 1 is 1.12 bits per heavy atom. The van der Waals surface area contributed by atoms with Gasteiger partial charge in [0.05, 0.1) is 11.0 Å². The third kappa shape index (κ3) is 3.57. The average Bonchev–Trinajstić information content (AvgIpc) is 3.45. The molecule has 2 fully saturated rings. The predicted octanol–water partition coefficient (Wildman–Crippen LogP) is 3.85. The minimum absolute atomic E-state index is 0.00590. The number of nitrogens with zero attached hydrogens (tertiary/aromatic N) is 6. The first-order valence-electron chi connectivity index (χ1n) is 11.2. The van der Waals surface area contributed by atoms with Gasteiger partial charge in [-0.3, -0.25) is 19.3 Å². The van der Waals surface area contributed by atoms with Crippen LogP contribution in [0.4, 0.5) is 11.4 Å². The van der Waals surface area contributed by atoms with E-state index in [2.05, 4.69) is 22.0 Å². The van der Waals surface area contributed by atoms with Crippen LogP contribution in [0, 0.1) is 16.0 Å². The van der Waals surface area contributed by atoms with Crippen LogP contribution in [-0.4, -0.2) is 50.0 Å². The minimum Gasteiger partial charge on any atom is -0.366 e. The number of piperidine rings is 1. The lowest BCUT2D eigenvalue weighted by Crippen LogP contribution is -2.35. The molecule has 0 saturated carbocycles. The van der Waals surface area contributed by atoms with Crippen molar-refractivity contribution in [3.8, 4) is 0 Å². The SMILES string of the molecule is C[C@H]1CCCN(c2ccc(C(=O)N3CCC[C@@H]3c3nnc4ccccn34)cc2[N+](=O)[O-])C1. The van der Waals surface area contributed by atoms with Gasteiger partial charge in [0.1, 0.15) is 5.69 Å². The van der Waals surface area contributed by atoms with Crippen molar-refractivity contribution in [3.05, 3.63) is 64.1 Å². The molecule has 2 atom stereocenters. The lowest BCUT2D eigenvalue weighted by Gasteiger charge is -2.32. The molecule has 9 heteroatoms. The molecule has 2 aliphatic heterocycles. The highest BCUT2D eigenvalue weighted by Crippen LogP contribution is 2.36. The Balaban J connectivity index is 1.45. The third-order valence-corrected chi connectivity index (χ3v) is 6.57. The molecule has 1 amide bonds. The van der Waals surface area contributed by atoms with E-state index in [0.29, 0.717) is 23.7 Å². The van der Waals surface area contributed by atoms with Gasteiger partial charge < -0.3 is 9.80 Å². The molecule has 0 spiro atoms. The highest BCUT2D eigenvalue weighted by Gasteiger charge is 2.35. The number of carbonyl (C=O) groups is 1. The third-order valence-electron chi connectivity index (χ3n) is 6.57. The quantitative estimate of drug-likeness (QED) is 0.457. The fourth-order valence-corrected chi connectivity index (χ4v) is 5.01. The molecular weight excluding hydrogens is 408 g/mol. The minimum atomic E-state index is -0.376. The number of anilines is 1. The number of benzene rings is 1. The van der Waals surface area contributed by atoms with Crippen molar-refractivity contribution in [1.29, 1.82) is 0 Å². The Kier molecular flexibility index (Phi) is 5.24. The number of hydrogen-bond donors (Lipinski definition) is 0. The zero-order valence-electron chi connectivity index (χ0n) is 18.1. The zero-order valence-corrected chi connectivity index (χ0v) is 18.1. The summed E-state index contributed by atoms with van der Waals surface area (Å²) >= 11 is 0. The monoisotopic (exact) mass is 434 g/mol. The summed E-state index contributed by atoms with van der Waals surface area (Å²) in [6, 6.07) is 10.4. The van der Waals surface area contributed by atoms with E-state index in [1.54, 1.807) is 17.0 Å². The number of aromatic nitrogens is 3. The van der Waals surface area contributed by atoms with E-state index in [1.807, 2.05) is 28.8 Å². The second-order valence-corrected chi connectivity index (χ2v) is 8.80. The maximum atomic E-state index is 13.4. The summed E-state index contributed by atoms with van der Waals surface area (Å²) in [5, 5.41) is 20.4. The van der Waals surface area contributed by atoms with Crippen LogP contribution in [0.25, 0.3) is 5.65 Å². The number of rotatable bonds is 4. The maximum absolute atomic E-state index is 13.4. The van der Waals surface area contributed by atoms with Gasteiger partial charge in [-0.05, 0) is 55.9 Å². The van der Waals surface area contributed by atoms with Gasteiger partial charge in [0.2, 0.25) is 0 Å². The second-order valence-electron chi connectivity index (χ2n) is 8.80. The number of carbonyl (C=O) groups excluding carboxylic acids is 1. The van der Waals surface area contributed by atoms with E-state index >= 15 is 0 Å². The molecule has 4 heterocycles.